The minimum atomic E-state index is -5.15. The van der Waals surface area contributed by atoms with Crippen LogP contribution in [0.2, 0.25) is 0 Å². The van der Waals surface area contributed by atoms with Gasteiger partial charge in [0, 0.05) is 11.1 Å². The van der Waals surface area contributed by atoms with Crippen molar-refractivity contribution in [3.05, 3.63) is 47.5 Å². The van der Waals surface area contributed by atoms with Crippen molar-refractivity contribution in [1.29, 1.82) is 0 Å². The van der Waals surface area contributed by atoms with Crippen LogP contribution in [0.15, 0.2) is 56.0 Å². The molecule has 0 heterocycles. The molecular formula is C14H10MgO16S4. The summed E-state index contributed by atoms with van der Waals surface area (Å²) >= 11 is 0. The molecule has 0 bridgehead atoms. The normalized spacial score (nSPS) is 12.0. The number of aromatic carboxylic acids is 2. The second-order valence-corrected chi connectivity index (χ2v) is 11.2. The Balaban J connectivity index is 0.000000642. The summed E-state index contributed by atoms with van der Waals surface area (Å²) in [4.78, 5) is 15.8. The number of carbonyl (C=O) groups excluding carboxylic acids is 2. The molecule has 2 aromatic rings. The molecule has 0 aliphatic rings. The van der Waals surface area contributed by atoms with Crippen LogP contribution in [0.4, 0.5) is 0 Å². The van der Waals surface area contributed by atoms with E-state index >= 15 is 0 Å². The topological polar surface area (TPSA) is 298 Å². The SMILES string of the molecule is O=C([O-])c1cccc(S(=O)(=O)O)c1S(=O)(=O)O.O=C([O-])c1cccc(S(=O)(=O)O)c1S(=O)(=O)O.[Mg+2]. The molecule has 35 heavy (non-hydrogen) atoms. The molecule has 4 N–H and O–H groups in total. The van der Waals surface area contributed by atoms with Gasteiger partial charge in [0.25, 0.3) is 40.5 Å². The smallest absolute Gasteiger partial charge is 0.545 e. The van der Waals surface area contributed by atoms with Gasteiger partial charge in [0.15, 0.2) is 0 Å². The number of hydrogen-bond acceptors (Lipinski definition) is 12. The third-order valence-corrected chi connectivity index (χ3v) is 7.43. The second kappa shape index (κ2) is 11.2. The van der Waals surface area contributed by atoms with Gasteiger partial charge < -0.3 is 19.8 Å². The van der Waals surface area contributed by atoms with Crippen molar-refractivity contribution >= 4 is 75.5 Å². The first-order valence-corrected chi connectivity index (χ1v) is 13.4. The molecule has 0 radical (unpaired) electrons. The number of rotatable bonds is 6. The Hall–Kier alpha value is -2.21. The Morgan fingerprint density at radius 1 is 0.543 bits per heavy atom. The maximum absolute atomic E-state index is 10.9. The number of carbonyl (C=O) groups is 2. The Kier molecular flexibility index (Phi) is 10.5. The van der Waals surface area contributed by atoms with Crippen molar-refractivity contribution in [2.75, 3.05) is 0 Å². The van der Waals surface area contributed by atoms with E-state index in [-0.39, 0.29) is 23.1 Å². The van der Waals surface area contributed by atoms with Gasteiger partial charge in [0.05, 0.1) is 11.9 Å². The van der Waals surface area contributed by atoms with Crippen LogP contribution < -0.4 is 10.2 Å². The maximum Gasteiger partial charge on any atom is 2.00 e. The summed E-state index contributed by atoms with van der Waals surface area (Å²) in [6.45, 7) is 0. The van der Waals surface area contributed by atoms with Crippen LogP contribution in [0.1, 0.15) is 20.7 Å². The molecule has 0 saturated carbocycles. The summed E-state index contributed by atoms with van der Waals surface area (Å²) in [7, 11) is -20.3. The molecule has 0 spiro atoms. The van der Waals surface area contributed by atoms with Crippen molar-refractivity contribution in [3.8, 4) is 0 Å². The molecule has 0 unspecified atom stereocenters. The third-order valence-electron chi connectivity index (χ3n) is 3.47. The molecule has 0 aromatic heterocycles. The standard InChI is InChI=1S/2C7H6O8S2.Mg/c2*8-7(9)4-2-1-3-5(16(10,11)12)6(4)17(13,14)15;/h2*1-3H,(H,8,9)(H,10,11,12)(H,13,14,15);/q;;+2/p-2. The van der Waals surface area contributed by atoms with Gasteiger partial charge in [-0.2, -0.15) is 33.7 Å². The zero-order valence-corrected chi connectivity index (χ0v) is 21.2. The molecule has 21 heteroatoms. The summed E-state index contributed by atoms with van der Waals surface area (Å²) in [5, 5.41) is 21.2. The zero-order chi connectivity index (χ0) is 26.9. The third kappa shape index (κ3) is 8.45. The molecule has 0 aliphatic carbocycles. The number of carboxylic acid groups (broad SMARTS) is 2. The van der Waals surface area contributed by atoms with Crippen LogP contribution in [0.25, 0.3) is 0 Å². The van der Waals surface area contributed by atoms with Gasteiger partial charge in [0.2, 0.25) is 0 Å². The Bertz CT molecular complexity index is 1470. The molecule has 2 rings (SSSR count). The van der Waals surface area contributed by atoms with Crippen molar-refractivity contribution in [2.24, 2.45) is 0 Å². The minimum Gasteiger partial charge on any atom is -0.545 e. The monoisotopic (exact) mass is 586 g/mol. The Labute approximate surface area is 213 Å². The maximum atomic E-state index is 10.9. The van der Waals surface area contributed by atoms with Crippen molar-refractivity contribution in [3.63, 3.8) is 0 Å². The van der Waals surface area contributed by atoms with Crippen LogP contribution in [-0.4, -0.2) is 86.9 Å². The van der Waals surface area contributed by atoms with Gasteiger partial charge in [-0.25, -0.2) is 0 Å². The van der Waals surface area contributed by atoms with E-state index in [1.165, 1.54) is 0 Å². The fourth-order valence-electron chi connectivity index (χ4n) is 2.29. The number of carboxylic acids is 2. The molecule has 0 fully saturated rings. The number of benzene rings is 2. The first-order chi connectivity index (χ1) is 15.1. The molecule has 2 aromatic carbocycles. The second-order valence-electron chi connectivity index (χ2n) is 5.74. The molecule has 0 saturated heterocycles. The average Bonchev–Trinajstić information content (AvgIpc) is 2.64. The predicted molar refractivity (Wildman–Crippen MR) is 107 cm³/mol. The Morgan fingerprint density at radius 3 is 0.971 bits per heavy atom. The van der Waals surface area contributed by atoms with E-state index in [1.54, 1.807) is 0 Å². The summed E-state index contributed by atoms with van der Waals surface area (Å²) in [5.74, 6) is -4.02. The van der Waals surface area contributed by atoms with Crippen LogP contribution in [0.3, 0.4) is 0 Å². The molecular weight excluding hydrogens is 577 g/mol. The number of hydrogen-bond donors (Lipinski definition) is 4. The minimum absolute atomic E-state index is 0. The van der Waals surface area contributed by atoms with Gasteiger partial charge in [-0.1, -0.05) is 24.3 Å². The summed E-state index contributed by atoms with van der Waals surface area (Å²) in [6.07, 6.45) is 0. The van der Waals surface area contributed by atoms with Crippen LogP contribution in [-0.2, 0) is 40.5 Å². The van der Waals surface area contributed by atoms with Crippen LogP contribution in [0.5, 0.6) is 0 Å². The largest absolute Gasteiger partial charge is 2.00 e. The predicted octanol–water partition coefficient (Wildman–Crippen LogP) is -3.29. The van der Waals surface area contributed by atoms with E-state index < -0.39 is 83.1 Å². The fourth-order valence-corrected chi connectivity index (χ4v) is 6.25. The molecule has 16 nitrogen and oxygen atoms in total. The molecule has 0 aliphatic heterocycles. The first-order valence-electron chi connectivity index (χ1n) is 7.68. The van der Waals surface area contributed by atoms with Gasteiger partial charge >= 0.3 is 23.1 Å². The van der Waals surface area contributed by atoms with E-state index in [2.05, 4.69) is 0 Å². The average molecular weight is 587 g/mol. The van der Waals surface area contributed by atoms with E-state index in [4.69, 9.17) is 18.2 Å². The van der Waals surface area contributed by atoms with Crippen molar-refractivity contribution in [2.45, 2.75) is 19.6 Å². The van der Waals surface area contributed by atoms with Gasteiger partial charge in [-0.3, -0.25) is 18.2 Å². The van der Waals surface area contributed by atoms with Crippen molar-refractivity contribution in [1.82, 2.24) is 0 Å². The van der Waals surface area contributed by atoms with E-state index in [0.29, 0.717) is 24.3 Å². The zero-order valence-electron chi connectivity index (χ0n) is 16.5. The molecule has 0 amide bonds. The van der Waals surface area contributed by atoms with Crippen molar-refractivity contribution < 1.29 is 71.7 Å². The van der Waals surface area contributed by atoms with Gasteiger partial charge in [0.1, 0.15) is 19.6 Å². The van der Waals surface area contributed by atoms with Gasteiger partial charge in [-0.15, -0.1) is 0 Å². The van der Waals surface area contributed by atoms with Crippen LogP contribution in [0, 0.1) is 0 Å². The first kappa shape index (κ1) is 32.8. The van der Waals surface area contributed by atoms with Crippen LogP contribution >= 0.6 is 0 Å². The van der Waals surface area contributed by atoms with Gasteiger partial charge in [-0.05, 0) is 12.1 Å². The summed E-state index contributed by atoms with van der Waals surface area (Å²) in [6, 6.07) is 4.45. The molecule has 0 atom stereocenters. The van der Waals surface area contributed by atoms with E-state index in [0.717, 1.165) is 12.1 Å². The quantitative estimate of drug-likeness (QED) is 0.190. The molecule has 188 valence electrons. The fraction of sp³-hybridized carbons (Fsp3) is 0. The Morgan fingerprint density at radius 2 is 0.800 bits per heavy atom. The summed E-state index contributed by atoms with van der Waals surface area (Å²) in [5.41, 5.74) is -2.13. The summed E-state index contributed by atoms with van der Waals surface area (Å²) < 4.78 is 122. The van der Waals surface area contributed by atoms with E-state index in [9.17, 15) is 53.5 Å². The van der Waals surface area contributed by atoms with E-state index in [1.807, 2.05) is 0 Å².